The monoisotopic (exact) mass is 219 g/mol. The highest BCUT2D eigenvalue weighted by molar-refractivity contribution is 5.76. The minimum atomic E-state index is -0.179. The third-order valence-electron chi connectivity index (χ3n) is 3.34. The number of pyridine rings is 1. The molecular weight excluding hydrogens is 202 g/mol. The Morgan fingerprint density at radius 2 is 2.44 bits per heavy atom. The van der Waals surface area contributed by atoms with Gasteiger partial charge >= 0.3 is 0 Å². The average molecular weight is 219 g/mol. The van der Waals surface area contributed by atoms with Crippen molar-refractivity contribution in [3.63, 3.8) is 0 Å². The maximum Gasteiger partial charge on any atom is 0.220 e. The summed E-state index contributed by atoms with van der Waals surface area (Å²) in [4.78, 5) is 17.6. The third kappa shape index (κ3) is 2.22. The number of carbonyl (C=O) groups excluding carboxylic acids is 1. The molecule has 2 atom stereocenters. The Kier molecular flexibility index (Phi) is 3.19. The van der Waals surface area contributed by atoms with Crippen LogP contribution in [-0.2, 0) is 4.79 Å². The standard InChI is InChI=1S/C12H17N3O/c1-15-6-4-9(12(13)16)7-11(15)10-3-2-5-14-8-10/h2-3,5,8-9,11H,4,6-7H2,1H3,(H2,13,16). The molecule has 1 aromatic rings. The van der Waals surface area contributed by atoms with Crippen molar-refractivity contribution in [1.29, 1.82) is 0 Å². The van der Waals surface area contributed by atoms with E-state index < -0.39 is 0 Å². The van der Waals surface area contributed by atoms with Crippen LogP contribution in [0.2, 0.25) is 0 Å². The van der Waals surface area contributed by atoms with Crippen LogP contribution in [-0.4, -0.2) is 29.4 Å². The van der Waals surface area contributed by atoms with Crippen LogP contribution in [0.25, 0.3) is 0 Å². The summed E-state index contributed by atoms with van der Waals surface area (Å²) >= 11 is 0. The lowest BCUT2D eigenvalue weighted by Crippen LogP contribution is -2.38. The maximum atomic E-state index is 11.2. The molecule has 4 nitrogen and oxygen atoms in total. The van der Waals surface area contributed by atoms with E-state index in [1.165, 1.54) is 0 Å². The molecule has 0 spiro atoms. The van der Waals surface area contributed by atoms with Crippen molar-refractivity contribution in [1.82, 2.24) is 9.88 Å². The fraction of sp³-hybridized carbons (Fsp3) is 0.500. The number of carbonyl (C=O) groups is 1. The molecule has 1 saturated heterocycles. The van der Waals surface area contributed by atoms with Crippen LogP contribution in [0, 0.1) is 5.92 Å². The molecule has 1 amide bonds. The van der Waals surface area contributed by atoms with Gasteiger partial charge in [-0.25, -0.2) is 0 Å². The van der Waals surface area contributed by atoms with E-state index in [1.54, 1.807) is 6.20 Å². The van der Waals surface area contributed by atoms with Gasteiger partial charge in [-0.15, -0.1) is 0 Å². The van der Waals surface area contributed by atoms with Gasteiger partial charge in [-0.3, -0.25) is 14.7 Å². The van der Waals surface area contributed by atoms with Gasteiger partial charge in [0.2, 0.25) is 5.91 Å². The number of rotatable bonds is 2. The molecule has 1 aliphatic heterocycles. The van der Waals surface area contributed by atoms with E-state index >= 15 is 0 Å². The van der Waals surface area contributed by atoms with Crippen LogP contribution in [0.5, 0.6) is 0 Å². The zero-order valence-electron chi connectivity index (χ0n) is 9.47. The van der Waals surface area contributed by atoms with Crippen molar-refractivity contribution < 1.29 is 4.79 Å². The van der Waals surface area contributed by atoms with E-state index in [4.69, 9.17) is 5.73 Å². The van der Waals surface area contributed by atoms with E-state index in [1.807, 2.05) is 12.3 Å². The van der Waals surface area contributed by atoms with Crippen LogP contribution in [0.3, 0.4) is 0 Å². The molecule has 2 N–H and O–H groups in total. The Labute approximate surface area is 95.5 Å². The first-order chi connectivity index (χ1) is 7.68. The Morgan fingerprint density at radius 3 is 3.06 bits per heavy atom. The van der Waals surface area contributed by atoms with Gasteiger partial charge in [0.05, 0.1) is 0 Å². The number of aromatic nitrogens is 1. The second-order valence-corrected chi connectivity index (χ2v) is 4.41. The van der Waals surface area contributed by atoms with Gasteiger partial charge in [0.1, 0.15) is 0 Å². The maximum absolute atomic E-state index is 11.2. The molecule has 0 aliphatic carbocycles. The van der Waals surface area contributed by atoms with Crippen LogP contribution < -0.4 is 5.73 Å². The van der Waals surface area contributed by atoms with Crippen LogP contribution in [0.1, 0.15) is 24.4 Å². The number of hydrogen-bond donors (Lipinski definition) is 1. The minimum absolute atomic E-state index is 0.00130. The summed E-state index contributed by atoms with van der Waals surface area (Å²) < 4.78 is 0. The Balaban J connectivity index is 2.16. The number of hydrogen-bond acceptors (Lipinski definition) is 3. The molecule has 0 aromatic carbocycles. The summed E-state index contributed by atoms with van der Waals surface area (Å²) in [5.74, 6) is -0.177. The third-order valence-corrected chi connectivity index (χ3v) is 3.34. The molecule has 0 radical (unpaired) electrons. The summed E-state index contributed by atoms with van der Waals surface area (Å²) in [6.07, 6.45) is 5.29. The van der Waals surface area contributed by atoms with E-state index in [0.717, 1.165) is 24.9 Å². The molecule has 1 fully saturated rings. The first-order valence-corrected chi connectivity index (χ1v) is 5.58. The Hall–Kier alpha value is -1.42. The predicted molar refractivity (Wildman–Crippen MR) is 61.5 cm³/mol. The van der Waals surface area contributed by atoms with Crippen LogP contribution in [0.15, 0.2) is 24.5 Å². The van der Waals surface area contributed by atoms with Gasteiger partial charge in [-0.2, -0.15) is 0 Å². The Bertz CT molecular complexity index is 366. The first kappa shape index (κ1) is 11.1. The summed E-state index contributed by atoms with van der Waals surface area (Å²) in [6, 6.07) is 4.24. The number of primary amides is 1. The van der Waals surface area contributed by atoms with Crippen molar-refractivity contribution in [3.8, 4) is 0 Å². The van der Waals surface area contributed by atoms with Gasteiger partial charge in [0.25, 0.3) is 0 Å². The van der Waals surface area contributed by atoms with E-state index in [9.17, 15) is 4.79 Å². The van der Waals surface area contributed by atoms with Crippen molar-refractivity contribution in [3.05, 3.63) is 30.1 Å². The fourth-order valence-electron chi connectivity index (χ4n) is 2.30. The molecule has 1 aromatic heterocycles. The zero-order valence-corrected chi connectivity index (χ0v) is 9.47. The Morgan fingerprint density at radius 1 is 1.62 bits per heavy atom. The number of likely N-dealkylation sites (tertiary alicyclic amines) is 1. The van der Waals surface area contributed by atoms with Crippen molar-refractivity contribution in [2.24, 2.45) is 11.7 Å². The van der Waals surface area contributed by atoms with Gasteiger partial charge in [-0.05, 0) is 38.1 Å². The van der Waals surface area contributed by atoms with Gasteiger partial charge < -0.3 is 5.73 Å². The largest absolute Gasteiger partial charge is 0.369 e. The second kappa shape index (κ2) is 4.61. The predicted octanol–water partition coefficient (Wildman–Crippen LogP) is 0.950. The number of amides is 1. The summed E-state index contributed by atoms with van der Waals surface area (Å²) in [5, 5.41) is 0. The minimum Gasteiger partial charge on any atom is -0.369 e. The van der Waals surface area contributed by atoms with E-state index in [2.05, 4.69) is 23.0 Å². The summed E-state index contributed by atoms with van der Waals surface area (Å²) in [5.41, 5.74) is 6.54. The van der Waals surface area contributed by atoms with Gasteiger partial charge in [0, 0.05) is 24.4 Å². The summed E-state index contributed by atoms with van der Waals surface area (Å²) in [6.45, 7) is 0.910. The van der Waals surface area contributed by atoms with Crippen molar-refractivity contribution in [2.45, 2.75) is 18.9 Å². The second-order valence-electron chi connectivity index (χ2n) is 4.41. The van der Waals surface area contributed by atoms with Crippen molar-refractivity contribution >= 4 is 5.91 Å². The molecule has 2 rings (SSSR count). The van der Waals surface area contributed by atoms with E-state index in [-0.39, 0.29) is 17.9 Å². The summed E-state index contributed by atoms with van der Waals surface area (Å²) in [7, 11) is 2.08. The number of piperidine rings is 1. The van der Waals surface area contributed by atoms with Crippen LogP contribution >= 0.6 is 0 Å². The fourth-order valence-corrected chi connectivity index (χ4v) is 2.30. The molecule has 2 heterocycles. The lowest BCUT2D eigenvalue weighted by Gasteiger charge is -2.36. The highest BCUT2D eigenvalue weighted by Crippen LogP contribution is 2.32. The molecule has 86 valence electrons. The first-order valence-electron chi connectivity index (χ1n) is 5.58. The number of nitrogens with zero attached hydrogens (tertiary/aromatic N) is 2. The molecule has 0 bridgehead atoms. The SMILES string of the molecule is CN1CCC(C(N)=O)CC1c1cccnc1. The van der Waals surface area contributed by atoms with Gasteiger partial charge in [-0.1, -0.05) is 6.07 Å². The molecule has 1 aliphatic rings. The van der Waals surface area contributed by atoms with Crippen LogP contribution in [0.4, 0.5) is 0 Å². The van der Waals surface area contributed by atoms with Gasteiger partial charge in [0.15, 0.2) is 0 Å². The quantitative estimate of drug-likeness (QED) is 0.805. The molecule has 4 heteroatoms. The average Bonchev–Trinajstić information content (AvgIpc) is 2.30. The molecule has 16 heavy (non-hydrogen) atoms. The topological polar surface area (TPSA) is 59.2 Å². The molecular formula is C12H17N3O. The normalized spacial score (nSPS) is 26.6. The zero-order chi connectivity index (χ0) is 11.5. The van der Waals surface area contributed by atoms with E-state index in [0.29, 0.717) is 0 Å². The molecule has 0 saturated carbocycles. The number of nitrogens with two attached hydrogens (primary N) is 1. The van der Waals surface area contributed by atoms with Crippen molar-refractivity contribution in [2.75, 3.05) is 13.6 Å². The smallest absolute Gasteiger partial charge is 0.220 e. The highest BCUT2D eigenvalue weighted by Gasteiger charge is 2.30. The highest BCUT2D eigenvalue weighted by atomic mass is 16.1. The molecule has 2 unspecified atom stereocenters. The lowest BCUT2D eigenvalue weighted by molar-refractivity contribution is -0.123. The lowest BCUT2D eigenvalue weighted by atomic mass is 9.87.